The molecule has 0 unspecified atom stereocenters. The van der Waals surface area contributed by atoms with Crippen molar-refractivity contribution < 1.29 is 14.3 Å². The Labute approximate surface area is 129 Å². The Morgan fingerprint density at radius 2 is 2.23 bits per heavy atom. The molecule has 8 heteroatoms. The molecule has 0 aliphatic heterocycles. The molecule has 110 valence electrons. The molecule has 0 saturated heterocycles. The summed E-state index contributed by atoms with van der Waals surface area (Å²) in [5, 5.41) is 20.7. The minimum Gasteiger partial charge on any atom is -0.506 e. The zero-order valence-corrected chi connectivity index (χ0v) is 11.9. The van der Waals surface area contributed by atoms with Crippen LogP contribution in [0.3, 0.4) is 0 Å². The molecular weight excluding hydrogens is 304 g/mol. The summed E-state index contributed by atoms with van der Waals surface area (Å²) in [4.78, 5) is 15.7. The van der Waals surface area contributed by atoms with Gasteiger partial charge in [0.2, 0.25) is 5.13 Å². The van der Waals surface area contributed by atoms with Gasteiger partial charge in [0, 0.05) is 6.20 Å². The summed E-state index contributed by atoms with van der Waals surface area (Å²) < 4.78 is 5.16. The molecule has 1 amide bonds. The highest BCUT2D eigenvalue weighted by atomic mass is 32.1. The van der Waals surface area contributed by atoms with Crippen LogP contribution < -0.4 is 5.32 Å². The highest BCUT2D eigenvalue weighted by Gasteiger charge is 2.10. The van der Waals surface area contributed by atoms with Gasteiger partial charge >= 0.3 is 0 Å². The molecule has 3 aromatic rings. The van der Waals surface area contributed by atoms with Crippen LogP contribution in [0.5, 0.6) is 5.75 Å². The number of anilines is 1. The number of pyridine rings is 1. The van der Waals surface area contributed by atoms with E-state index in [1.54, 1.807) is 24.5 Å². The third kappa shape index (κ3) is 3.36. The largest absolute Gasteiger partial charge is 0.506 e. The Bertz CT molecular complexity index is 811. The van der Waals surface area contributed by atoms with Crippen LogP contribution in [0.4, 0.5) is 5.13 Å². The normalized spacial score (nSPS) is 10.9. The Balaban J connectivity index is 1.68. The molecule has 0 radical (unpaired) electrons. The van der Waals surface area contributed by atoms with Crippen molar-refractivity contribution in [1.82, 2.24) is 15.2 Å². The van der Waals surface area contributed by atoms with E-state index in [4.69, 9.17) is 4.42 Å². The second-order valence-electron chi connectivity index (χ2n) is 4.18. The number of furan rings is 1. The summed E-state index contributed by atoms with van der Waals surface area (Å²) in [6.07, 6.45) is 7.68. The molecule has 0 saturated carbocycles. The molecule has 0 aliphatic carbocycles. The number of nitrogens with zero attached hydrogens (tertiary/aromatic N) is 3. The summed E-state index contributed by atoms with van der Waals surface area (Å²) in [6.45, 7) is 0. The van der Waals surface area contributed by atoms with Crippen LogP contribution >= 0.6 is 11.3 Å². The Morgan fingerprint density at radius 1 is 1.32 bits per heavy atom. The lowest BCUT2D eigenvalue weighted by molar-refractivity contribution is 0.102. The van der Waals surface area contributed by atoms with E-state index in [0.717, 1.165) is 0 Å². The van der Waals surface area contributed by atoms with Crippen LogP contribution in [0.25, 0.3) is 12.2 Å². The lowest BCUT2D eigenvalue weighted by atomic mass is 10.2. The first kappa shape index (κ1) is 14.0. The molecule has 0 atom stereocenters. The van der Waals surface area contributed by atoms with E-state index in [-0.39, 0.29) is 11.3 Å². The van der Waals surface area contributed by atoms with Gasteiger partial charge in [0.05, 0.1) is 18.0 Å². The summed E-state index contributed by atoms with van der Waals surface area (Å²) in [5.41, 5.74) is 0.239. The molecule has 3 aromatic heterocycles. The standard InChI is InChI=1S/C14H10N4O3S/c19-10-6-9(7-15-8-10)13(20)16-14-18-17-12(22-14)4-3-11-2-1-5-21-11/h1-8,19H,(H,16,18,20)/b4-3+. The van der Waals surface area contributed by atoms with E-state index in [0.29, 0.717) is 15.9 Å². The van der Waals surface area contributed by atoms with Gasteiger partial charge in [-0.3, -0.25) is 15.1 Å². The average Bonchev–Trinajstić information content (AvgIpc) is 3.16. The average molecular weight is 314 g/mol. The molecule has 7 nitrogen and oxygen atoms in total. The number of carbonyl (C=O) groups excluding carboxylic acids is 1. The fourth-order valence-corrected chi connectivity index (χ4v) is 2.25. The van der Waals surface area contributed by atoms with Crippen LogP contribution in [0, 0.1) is 0 Å². The molecule has 0 aliphatic rings. The van der Waals surface area contributed by atoms with Gasteiger partial charge in [0.15, 0.2) is 0 Å². The van der Waals surface area contributed by atoms with Crippen LogP contribution in [-0.4, -0.2) is 26.2 Å². The highest BCUT2D eigenvalue weighted by Crippen LogP contribution is 2.19. The maximum atomic E-state index is 12.0. The Morgan fingerprint density at radius 3 is 3.00 bits per heavy atom. The maximum absolute atomic E-state index is 12.0. The van der Waals surface area contributed by atoms with Gasteiger partial charge in [0.1, 0.15) is 16.5 Å². The van der Waals surface area contributed by atoms with Crippen molar-refractivity contribution in [3.8, 4) is 5.75 Å². The number of aromatic hydroxyl groups is 1. The van der Waals surface area contributed by atoms with Gasteiger partial charge in [-0.1, -0.05) is 11.3 Å². The minimum absolute atomic E-state index is 0.0769. The molecule has 3 rings (SSSR count). The van der Waals surface area contributed by atoms with E-state index in [1.807, 2.05) is 6.07 Å². The quantitative estimate of drug-likeness (QED) is 0.767. The molecule has 2 N–H and O–H groups in total. The van der Waals surface area contributed by atoms with Crippen molar-refractivity contribution in [3.63, 3.8) is 0 Å². The Hall–Kier alpha value is -3.00. The third-order valence-electron chi connectivity index (χ3n) is 2.58. The molecule has 0 bridgehead atoms. The van der Waals surface area contributed by atoms with Gasteiger partial charge in [-0.25, -0.2) is 0 Å². The fraction of sp³-hybridized carbons (Fsp3) is 0. The first-order valence-corrected chi connectivity index (χ1v) is 7.03. The molecule has 3 heterocycles. The number of hydrogen-bond donors (Lipinski definition) is 2. The number of carbonyl (C=O) groups is 1. The van der Waals surface area contributed by atoms with Crippen molar-refractivity contribution in [2.45, 2.75) is 0 Å². The predicted octanol–water partition coefficient (Wildman–Crippen LogP) is 2.65. The van der Waals surface area contributed by atoms with Crippen molar-refractivity contribution in [3.05, 3.63) is 53.2 Å². The maximum Gasteiger partial charge on any atom is 0.259 e. The number of nitrogens with one attached hydrogen (secondary N) is 1. The smallest absolute Gasteiger partial charge is 0.259 e. The number of rotatable bonds is 4. The number of amides is 1. The molecule has 0 aromatic carbocycles. The van der Waals surface area contributed by atoms with E-state index >= 15 is 0 Å². The van der Waals surface area contributed by atoms with Crippen LogP contribution in [-0.2, 0) is 0 Å². The van der Waals surface area contributed by atoms with Gasteiger partial charge < -0.3 is 9.52 Å². The molecule has 0 spiro atoms. The van der Waals surface area contributed by atoms with Gasteiger partial charge in [-0.15, -0.1) is 10.2 Å². The topological polar surface area (TPSA) is 101 Å². The SMILES string of the molecule is O=C(Nc1nnc(/C=C/c2ccco2)s1)c1cncc(O)c1. The van der Waals surface area contributed by atoms with E-state index in [1.165, 1.54) is 29.8 Å². The summed E-state index contributed by atoms with van der Waals surface area (Å²) in [6, 6.07) is 4.92. The first-order valence-electron chi connectivity index (χ1n) is 6.21. The van der Waals surface area contributed by atoms with Crippen LogP contribution in [0.15, 0.2) is 41.3 Å². The van der Waals surface area contributed by atoms with Crippen LogP contribution in [0.1, 0.15) is 21.1 Å². The summed E-state index contributed by atoms with van der Waals surface area (Å²) in [7, 11) is 0. The number of hydrogen-bond acceptors (Lipinski definition) is 7. The van der Waals surface area contributed by atoms with Gasteiger partial charge in [-0.2, -0.15) is 0 Å². The van der Waals surface area contributed by atoms with Crippen molar-refractivity contribution in [2.24, 2.45) is 0 Å². The predicted molar refractivity (Wildman–Crippen MR) is 81.4 cm³/mol. The van der Waals surface area contributed by atoms with Crippen LogP contribution in [0.2, 0.25) is 0 Å². The second kappa shape index (κ2) is 6.19. The first-order chi connectivity index (χ1) is 10.7. The zero-order valence-electron chi connectivity index (χ0n) is 11.1. The minimum atomic E-state index is -0.416. The Kier molecular flexibility index (Phi) is 3.92. The lowest BCUT2D eigenvalue weighted by Gasteiger charge is -2.00. The van der Waals surface area contributed by atoms with E-state index < -0.39 is 5.91 Å². The summed E-state index contributed by atoms with van der Waals surface area (Å²) in [5.74, 6) is 0.208. The van der Waals surface area contributed by atoms with Crippen molar-refractivity contribution in [1.29, 1.82) is 0 Å². The van der Waals surface area contributed by atoms with Crippen molar-refractivity contribution in [2.75, 3.05) is 5.32 Å². The fourth-order valence-electron chi connectivity index (χ4n) is 1.61. The monoisotopic (exact) mass is 314 g/mol. The highest BCUT2D eigenvalue weighted by molar-refractivity contribution is 7.16. The molecular formula is C14H10N4O3S. The second-order valence-corrected chi connectivity index (χ2v) is 5.19. The molecule has 0 fully saturated rings. The van der Waals surface area contributed by atoms with E-state index in [2.05, 4.69) is 20.5 Å². The lowest BCUT2D eigenvalue weighted by Crippen LogP contribution is -2.11. The van der Waals surface area contributed by atoms with E-state index in [9.17, 15) is 9.90 Å². The van der Waals surface area contributed by atoms with Crippen molar-refractivity contribution >= 4 is 34.5 Å². The zero-order chi connectivity index (χ0) is 15.4. The third-order valence-corrected chi connectivity index (χ3v) is 3.38. The van der Waals surface area contributed by atoms with Gasteiger partial charge in [0.25, 0.3) is 5.91 Å². The van der Waals surface area contributed by atoms with Gasteiger partial charge in [-0.05, 0) is 30.4 Å². The summed E-state index contributed by atoms with van der Waals surface area (Å²) >= 11 is 1.22. The number of aromatic nitrogens is 3. The molecule has 22 heavy (non-hydrogen) atoms.